The molecular formula is C18H24S. The van der Waals surface area contributed by atoms with Crippen molar-refractivity contribution in [3.8, 4) is 0 Å². The van der Waals surface area contributed by atoms with E-state index in [0.717, 1.165) is 6.42 Å². The Labute approximate surface area is 121 Å². The molecule has 0 bridgehead atoms. The lowest BCUT2D eigenvalue weighted by Gasteiger charge is -2.11. The van der Waals surface area contributed by atoms with Gasteiger partial charge in [0, 0.05) is 9.75 Å². The zero-order valence-electron chi connectivity index (χ0n) is 12.3. The quantitative estimate of drug-likeness (QED) is 0.438. The second kappa shape index (κ2) is 7.96. The topological polar surface area (TPSA) is 0 Å². The molecule has 0 amide bonds. The van der Waals surface area contributed by atoms with Gasteiger partial charge in [0.25, 0.3) is 0 Å². The van der Waals surface area contributed by atoms with Crippen LogP contribution in [0.15, 0.2) is 43.5 Å². The van der Waals surface area contributed by atoms with Crippen molar-refractivity contribution in [2.45, 2.75) is 39.5 Å². The molecule has 0 nitrogen and oxygen atoms in total. The van der Waals surface area contributed by atoms with E-state index in [4.69, 9.17) is 0 Å². The largest absolute Gasteiger partial charge is 0.139 e. The fraction of sp³-hybridized carbons (Fsp3) is 0.333. The third-order valence-electron chi connectivity index (χ3n) is 3.15. The van der Waals surface area contributed by atoms with Crippen LogP contribution in [-0.4, -0.2) is 0 Å². The van der Waals surface area contributed by atoms with E-state index in [0.29, 0.717) is 5.92 Å². The third kappa shape index (κ3) is 3.81. The predicted octanol–water partition coefficient (Wildman–Crippen LogP) is 6.44. The van der Waals surface area contributed by atoms with Crippen LogP contribution in [0, 0.1) is 0 Å². The highest BCUT2D eigenvalue weighted by Crippen LogP contribution is 2.38. The number of thiophene rings is 1. The minimum absolute atomic E-state index is 0.682. The number of hydrogen-bond acceptors (Lipinski definition) is 1. The first-order valence-corrected chi connectivity index (χ1v) is 7.71. The molecule has 0 radical (unpaired) electrons. The number of allylic oxidation sites excluding steroid dienone is 5. The highest BCUT2D eigenvalue weighted by molar-refractivity contribution is 7.13. The van der Waals surface area contributed by atoms with Gasteiger partial charge in [0.05, 0.1) is 0 Å². The monoisotopic (exact) mass is 272 g/mol. The van der Waals surface area contributed by atoms with Gasteiger partial charge in [-0.15, -0.1) is 24.5 Å². The highest BCUT2D eigenvalue weighted by atomic mass is 32.1. The van der Waals surface area contributed by atoms with Crippen LogP contribution < -0.4 is 0 Å². The molecular weight excluding hydrogens is 248 g/mol. The van der Waals surface area contributed by atoms with Gasteiger partial charge in [-0.25, -0.2) is 0 Å². The minimum Gasteiger partial charge on any atom is -0.139 e. The maximum absolute atomic E-state index is 3.00. The normalized spacial score (nSPS) is 18.1. The third-order valence-corrected chi connectivity index (χ3v) is 4.59. The Morgan fingerprint density at radius 2 is 2.21 bits per heavy atom. The lowest BCUT2D eigenvalue weighted by molar-refractivity contribution is 0.790. The molecule has 1 heterocycles. The summed E-state index contributed by atoms with van der Waals surface area (Å²) in [7, 11) is 0. The first-order chi connectivity index (χ1) is 9.26. The van der Waals surface area contributed by atoms with Crippen LogP contribution in [0.3, 0.4) is 0 Å². The van der Waals surface area contributed by atoms with Gasteiger partial charge in [-0.1, -0.05) is 44.2 Å². The van der Waals surface area contributed by atoms with Crippen LogP contribution >= 0.6 is 11.3 Å². The standard InChI is InChI=1S/C16H20S.C2H4/c1-4-6-9-13(5-2)15-11-14-10-7-8-12(3)16(14)17-15;1-2/h5-7,9-12H,4,8H2,1-3H3;1-2H2/b9-6-,13-5+;. The Morgan fingerprint density at radius 1 is 1.47 bits per heavy atom. The maximum Gasteiger partial charge on any atom is 0.0348 e. The zero-order valence-corrected chi connectivity index (χ0v) is 13.1. The van der Waals surface area contributed by atoms with Crippen molar-refractivity contribution in [2.75, 3.05) is 0 Å². The van der Waals surface area contributed by atoms with Crippen molar-refractivity contribution in [1.82, 2.24) is 0 Å². The number of rotatable bonds is 3. The molecule has 0 saturated carbocycles. The molecule has 19 heavy (non-hydrogen) atoms. The Hall–Kier alpha value is -1.34. The molecule has 0 aliphatic heterocycles. The molecule has 1 aromatic rings. The molecule has 1 aromatic heterocycles. The molecule has 0 fully saturated rings. The van der Waals surface area contributed by atoms with E-state index in [1.165, 1.54) is 22.4 Å². The maximum atomic E-state index is 3.00. The van der Waals surface area contributed by atoms with Gasteiger partial charge in [0.2, 0.25) is 0 Å². The number of fused-ring (bicyclic) bond motifs is 1. The van der Waals surface area contributed by atoms with Crippen molar-refractivity contribution in [1.29, 1.82) is 0 Å². The van der Waals surface area contributed by atoms with Gasteiger partial charge in [-0.05, 0) is 42.9 Å². The summed E-state index contributed by atoms with van der Waals surface area (Å²) >= 11 is 1.96. The minimum atomic E-state index is 0.682. The zero-order chi connectivity index (χ0) is 14.3. The molecule has 1 aliphatic rings. The summed E-state index contributed by atoms with van der Waals surface area (Å²) in [5.41, 5.74) is 2.78. The SMILES string of the molecule is C/C=C(\C=C/CC)c1cc2c(s1)C(C)CC=C2.C=C. The molecule has 0 aromatic carbocycles. The first kappa shape index (κ1) is 15.7. The predicted molar refractivity (Wildman–Crippen MR) is 90.7 cm³/mol. The first-order valence-electron chi connectivity index (χ1n) is 6.89. The van der Waals surface area contributed by atoms with Crippen LogP contribution in [0.5, 0.6) is 0 Å². The van der Waals surface area contributed by atoms with Gasteiger partial charge in [-0.2, -0.15) is 0 Å². The second-order valence-corrected chi connectivity index (χ2v) is 5.61. The summed E-state index contributed by atoms with van der Waals surface area (Å²) in [5.74, 6) is 0.682. The molecule has 0 saturated heterocycles. The average Bonchev–Trinajstić information content (AvgIpc) is 2.87. The average molecular weight is 272 g/mol. The fourth-order valence-corrected chi connectivity index (χ4v) is 3.42. The second-order valence-electron chi connectivity index (χ2n) is 4.52. The van der Waals surface area contributed by atoms with Crippen LogP contribution in [0.4, 0.5) is 0 Å². The summed E-state index contributed by atoms with van der Waals surface area (Å²) in [4.78, 5) is 2.95. The molecule has 1 unspecified atom stereocenters. The summed E-state index contributed by atoms with van der Waals surface area (Å²) in [6, 6.07) is 2.33. The van der Waals surface area contributed by atoms with Gasteiger partial charge < -0.3 is 0 Å². The van der Waals surface area contributed by atoms with Crippen molar-refractivity contribution in [3.05, 3.63) is 58.8 Å². The van der Waals surface area contributed by atoms with Gasteiger partial charge in [0.1, 0.15) is 0 Å². The van der Waals surface area contributed by atoms with E-state index in [1.54, 1.807) is 4.88 Å². The molecule has 1 heteroatoms. The summed E-state index contributed by atoms with van der Waals surface area (Å²) in [6.07, 6.45) is 13.5. The van der Waals surface area contributed by atoms with E-state index in [-0.39, 0.29) is 0 Å². The van der Waals surface area contributed by atoms with Crippen molar-refractivity contribution in [3.63, 3.8) is 0 Å². The molecule has 102 valence electrons. The van der Waals surface area contributed by atoms with E-state index in [2.05, 4.69) is 70.4 Å². The molecule has 1 atom stereocenters. The van der Waals surface area contributed by atoms with Crippen LogP contribution in [-0.2, 0) is 0 Å². The van der Waals surface area contributed by atoms with Crippen molar-refractivity contribution in [2.24, 2.45) is 0 Å². The lowest BCUT2D eigenvalue weighted by atomic mass is 9.96. The van der Waals surface area contributed by atoms with E-state index in [1.807, 2.05) is 11.3 Å². The van der Waals surface area contributed by atoms with Gasteiger partial charge in [-0.3, -0.25) is 0 Å². The highest BCUT2D eigenvalue weighted by Gasteiger charge is 2.16. The smallest absolute Gasteiger partial charge is 0.0348 e. The van der Waals surface area contributed by atoms with Gasteiger partial charge in [0.15, 0.2) is 0 Å². The van der Waals surface area contributed by atoms with Crippen molar-refractivity contribution < 1.29 is 0 Å². The lowest BCUT2D eigenvalue weighted by Crippen LogP contribution is -1.93. The van der Waals surface area contributed by atoms with Crippen LogP contribution in [0.2, 0.25) is 0 Å². The van der Waals surface area contributed by atoms with Crippen LogP contribution in [0.25, 0.3) is 11.6 Å². The molecule has 2 rings (SSSR count). The summed E-state index contributed by atoms with van der Waals surface area (Å²) in [5, 5.41) is 0. The Bertz CT molecular complexity index is 486. The van der Waals surface area contributed by atoms with E-state index >= 15 is 0 Å². The molecule has 0 spiro atoms. The Balaban J connectivity index is 0.000000861. The molecule has 0 N–H and O–H groups in total. The Morgan fingerprint density at radius 3 is 2.79 bits per heavy atom. The Kier molecular flexibility index (Phi) is 6.58. The van der Waals surface area contributed by atoms with E-state index < -0.39 is 0 Å². The van der Waals surface area contributed by atoms with Gasteiger partial charge >= 0.3 is 0 Å². The van der Waals surface area contributed by atoms with Crippen LogP contribution in [0.1, 0.15) is 54.8 Å². The van der Waals surface area contributed by atoms with Crippen molar-refractivity contribution >= 4 is 23.0 Å². The van der Waals surface area contributed by atoms with E-state index in [9.17, 15) is 0 Å². The summed E-state index contributed by atoms with van der Waals surface area (Å²) in [6.45, 7) is 12.6. The molecule has 1 aliphatic carbocycles. The number of hydrogen-bond donors (Lipinski definition) is 0. The fourth-order valence-electron chi connectivity index (χ4n) is 2.15. The summed E-state index contributed by atoms with van der Waals surface area (Å²) < 4.78 is 0.